The minimum Gasteiger partial charge on any atom is -0.422 e. The maximum absolute atomic E-state index is 9.05. The second-order valence-electron chi connectivity index (χ2n) is 4.08. The molecule has 1 aromatic rings. The van der Waals surface area contributed by atoms with Crippen molar-refractivity contribution in [2.45, 2.75) is 0 Å². The summed E-state index contributed by atoms with van der Waals surface area (Å²) in [4.78, 5) is 8.65. The Morgan fingerprint density at radius 3 is 2.50 bits per heavy atom. The molecule has 1 aliphatic heterocycles. The molecular weight excluding hydrogens is 205 g/mol. The zero-order chi connectivity index (χ0) is 11.5. The fourth-order valence-electron chi connectivity index (χ4n) is 1.80. The Labute approximate surface area is 95.5 Å². The fraction of sp³-hybridized carbons (Fsp3) is 0.500. The molecule has 0 radical (unpaired) electrons. The SMILES string of the molecule is CN1CCN(c2cccc(B(O)O)n2)CC1. The summed E-state index contributed by atoms with van der Waals surface area (Å²) in [7, 11) is 0.603. The highest BCUT2D eigenvalue weighted by atomic mass is 16.4. The number of likely N-dealkylation sites (N-methyl/N-ethyl adjacent to an activating group) is 1. The van der Waals surface area contributed by atoms with Gasteiger partial charge < -0.3 is 19.8 Å². The van der Waals surface area contributed by atoms with Crippen LogP contribution in [-0.2, 0) is 0 Å². The van der Waals surface area contributed by atoms with Crippen molar-refractivity contribution in [2.75, 3.05) is 38.1 Å². The maximum Gasteiger partial charge on any atom is 0.508 e. The van der Waals surface area contributed by atoms with Crippen molar-refractivity contribution in [1.82, 2.24) is 9.88 Å². The van der Waals surface area contributed by atoms with Gasteiger partial charge in [-0.15, -0.1) is 0 Å². The maximum atomic E-state index is 9.05. The molecular formula is C10H16BN3O2. The van der Waals surface area contributed by atoms with Crippen LogP contribution < -0.4 is 10.5 Å². The molecule has 16 heavy (non-hydrogen) atoms. The second kappa shape index (κ2) is 4.82. The van der Waals surface area contributed by atoms with Gasteiger partial charge in [0.25, 0.3) is 0 Å². The molecule has 86 valence electrons. The number of anilines is 1. The van der Waals surface area contributed by atoms with Crippen LogP contribution in [0.1, 0.15) is 0 Å². The Hall–Kier alpha value is -1.11. The molecule has 1 aromatic heterocycles. The molecule has 5 nitrogen and oxygen atoms in total. The van der Waals surface area contributed by atoms with Crippen LogP contribution in [0.4, 0.5) is 5.82 Å². The first kappa shape index (κ1) is 11.4. The van der Waals surface area contributed by atoms with Crippen LogP contribution >= 0.6 is 0 Å². The molecule has 1 saturated heterocycles. The van der Waals surface area contributed by atoms with Crippen molar-refractivity contribution in [2.24, 2.45) is 0 Å². The summed E-state index contributed by atoms with van der Waals surface area (Å²) in [6.45, 7) is 3.87. The molecule has 0 spiro atoms. The van der Waals surface area contributed by atoms with E-state index in [1.165, 1.54) is 0 Å². The van der Waals surface area contributed by atoms with Crippen molar-refractivity contribution in [3.05, 3.63) is 18.2 Å². The Morgan fingerprint density at radius 2 is 1.88 bits per heavy atom. The molecule has 2 N–H and O–H groups in total. The van der Waals surface area contributed by atoms with E-state index in [0.717, 1.165) is 32.0 Å². The highest BCUT2D eigenvalue weighted by Crippen LogP contribution is 2.10. The normalized spacial score (nSPS) is 17.6. The summed E-state index contributed by atoms with van der Waals surface area (Å²) in [5.74, 6) is 0.818. The third-order valence-corrected chi connectivity index (χ3v) is 2.85. The van der Waals surface area contributed by atoms with E-state index in [4.69, 9.17) is 10.0 Å². The van der Waals surface area contributed by atoms with Crippen molar-refractivity contribution >= 4 is 18.5 Å². The molecule has 0 atom stereocenters. The quantitative estimate of drug-likeness (QED) is 0.596. The van der Waals surface area contributed by atoms with Crippen LogP contribution in [0.3, 0.4) is 0 Å². The Morgan fingerprint density at radius 1 is 1.19 bits per heavy atom. The van der Waals surface area contributed by atoms with Gasteiger partial charge in [-0.1, -0.05) is 6.07 Å². The highest BCUT2D eigenvalue weighted by molar-refractivity contribution is 6.57. The van der Waals surface area contributed by atoms with Gasteiger partial charge in [0, 0.05) is 26.2 Å². The zero-order valence-electron chi connectivity index (χ0n) is 9.37. The third kappa shape index (κ3) is 2.52. The summed E-state index contributed by atoms with van der Waals surface area (Å²) < 4.78 is 0. The second-order valence-corrected chi connectivity index (χ2v) is 4.08. The van der Waals surface area contributed by atoms with Crippen LogP contribution in [0.2, 0.25) is 0 Å². The molecule has 6 heteroatoms. The Balaban J connectivity index is 2.11. The van der Waals surface area contributed by atoms with E-state index in [-0.39, 0.29) is 0 Å². The van der Waals surface area contributed by atoms with Gasteiger partial charge in [-0.2, -0.15) is 0 Å². The van der Waals surface area contributed by atoms with Crippen molar-refractivity contribution in [3.63, 3.8) is 0 Å². The van der Waals surface area contributed by atoms with Crippen LogP contribution in [0, 0.1) is 0 Å². The molecule has 0 amide bonds. The van der Waals surface area contributed by atoms with E-state index < -0.39 is 7.12 Å². The van der Waals surface area contributed by atoms with Crippen LogP contribution in [0.15, 0.2) is 18.2 Å². The van der Waals surface area contributed by atoms with Crippen LogP contribution in [0.25, 0.3) is 0 Å². The van der Waals surface area contributed by atoms with Crippen LogP contribution in [-0.4, -0.2) is 60.3 Å². The summed E-state index contributed by atoms with van der Waals surface area (Å²) in [6.07, 6.45) is 0. The van der Waals surface area contributed by atoms with E-state index in [2.05, 4.69) is 21.8 Å². The lowest BCUT2D eigenvalue weighted by atomic mass is 9.86. The number of hydrogen-bond donors (Lipinski definition) is 2. The van der Waals surface area contributed by atoms with Gasteiger partial charge in [-0.05, 0) is 19.2 Å². The van der Waals surface area contributed by atoms with Gasteiger partial charge >= 0.3 is 7.12 Å². The monoisotopic (exact) mass is 221 g/mol. The lowest BCUT2D eigenvalue weighted by Crippen LogP contribution is -2.45. The van der Waals surface area contributed by atoms with E-state index in [1.54, 1.807) is 12.1 Å². The van der Waals surface area contributed by atoms with Crippen LogP contribution in [0.5, 0.6) is 0 Å². The molecule has 1 fully saturated rings. The molecule has 2 heterocycles. The van der Waals surface area contributed by atoms with Gasteiger partial charge in [-0.3, -0.25) is 0 Å². The van der Waals surface area contributed by atoms with Crippen molar-refractivity contribution in [3.8, 4) is 0 Å². The van der Waals surface area contributed by atoms with Crippen molar-refractivity contribution < 1.29 is 10.0 Å². The number of nitrogens with zero attached hydrogens (tertiary/aromatic N) is 3. The largest absolute Gasteiger partial charge is 0.508 e. The first-order valence-electron chi connectivity index (χ1n) is 5.43. The minimum absolute atomic E-state index is 0.302. The summed E-state index contributed by atoms with van der Waals surface area (Å²) >= 11 is 0. The topological polar surface area (TPSA) is 59.8 Å². The number of pyridine rings is 1. The predicted molar refractivity (Wildman–Crippen MR) is 63.8 cm³/mol. The Bertz CT molecular complexity index is 354. The lowest BCUT2D eigenvalue weighted by Gasteiger charge is -2.33. The fourth-order valence-corrected chi connectivity index (χ4v) is 1.80. The summed E-state index contributed by atoms with van der Waals surface area (Å²) in [6, 6.07) is 5.32. The molecule has 0 bridgehead atoms. The lowest BCUT2D eigenvalue weighted by molar-refractivity contribution is 0.312. The van der Waals surface area contributed by atoms with E-state index in [9.17, 15) is 0 Å². The summed E-state index contributed by atoms with van der Waals surface area (Å²) in [5.41, 5.74) is 0.302. The summed E-state index contributed by atoms with van der Waals surface area (Å²) in [5, 5.41) is 18.1. The molecule has 1 aliphatic rings. The smallest absolute Gasteiger partial charge is 0.422 e. The number of piperazine rings is 1. The molecule has 0 aromatic carbocycles. The standard InChI is InChI=1S/C10H16BN3O2/c1-13-5-7-14(8-6-13)10-4-2-3-9(12-10)11(15)16/h2-4,15-16H,5-8H2,1H3. The first-order valence-corrected chi connectivity index (χ1v) is 5.43. The van der Waals surface area contributed by atoms with E-state index >= 15 is 0 Å². The Kier molecular flexibility index (Phi) is 3.43. The van der Waals surface area contributed by atoms with Gasteiger partial charge in [0.1, 0.15) is 5.82 Å². The van der Waals surface area contributed by atoms with Gasteiger partial charge in [0.15, 0.2) is 0 Å². The minimum atomic E-state index is -1.49. The average molecular weight is 221 g/mol. The number of hydrogen-bond acceptors (Lipinski definition) is 5. The van der Waals surface area contributed by atoms with Gasteiger partial charge in [0.05, 0.1) is 5.59 Å². The predicted octanol–water partition coefficient (Wildman–Crippen LogP) is -1.49. The third-order valence-electron chi connectivity index (χ3n) is 2.85. The molecule has 0 saturated carbocycles. The zero-order valence-corrected chi connectivity index (χ0v) is 9.37. The molecule has 2 rings (SSSR count). The average Bonchev–Trinajstić information content (AvgIpc) is 2.30. The number of aromatic nitrogens is 1. The van der Waals surface area contributed by atoms with Gasteiger partial charge in [-0.25, -0.2) is 4.98 Å². The van der Waals surface area contributed by atoms with E-state index in [1.807, 2.05) is 6.07 Å². The number of rotatable bonds is 2. The van der Waals surface area contributed by atoms with Gasteiger partial charge in [0.2, 0.25) is 0 Å². The first-order chi connectivity index (χ1) is 7.66. The highest BCUT2D eigenvalue weighted by Gasteiger charge is 2.18. The van der Waals surface area contributed by atoms with E-state index in [0.29, 0.717) is 5.59 Å². The molecule has 0 aliphatic carbocycles. The van der Waals surface area contributed by atoms with Crippen molar-refractivity contribution in [1.29, 1.82) is 0 Å². The molecule has 0 unspecified atom stereocenters.